The van der Waals surface area contributed by atoms with Gasteiger partial charge in [-0.05, 0) is 24.1 Å². The quantitative estimate of drug-likeness (QED) is 0.799. The van der Waals surface area contributed by atoms with E-state index in [4.69, 9.17) is 0 Å². The Morgan fingerprint density at radius 3 is 2.29 bits per heavy atom. The van der Waals surface area contributed by atoms with E-state index in [9.17, 15) is 4.79 Å². The molecular weight excluding hydrogens is 262 g/mol. The third kappa shape index (κ3) is 6.17. The maximum atomic E-state index is 11.9. The van der Waals surface area contributed by atoms with E-state index in [2.05, 4.69) is 55.3 Å². The minimum atomic E-state index is 0.133. The fraction of sp³-hybridized carbons (Fsp3) is 0.588. The number of hydrogen-bond donors (Lipinski definition) is 1. The van der Waals surface area contributed by atoms with E-state index in [0.29, 0.717) is 12.6 Å². The maximum Gasteiger partial charge on any atom is 0.241 e. The van der Waals surface area contributed by atoms with Gasteiger partial charge in [-0.15, -0.1) is 0 Å². The molecule has 4 nitrogen and oxygen atoms in total. The highest BCUT2D eigenvalue weighted by atomic mass is 16.2. The van der Waals surface area contributed by atoms with Crippen LogP contribution in [-0.2, 0) is 11.3 Å². The van der Waals surface area contributed by atoms with Crippen molar-refractivity contribution in [3.05, 3.63) is 29.8 Å². The number of carbonyl (C=O) groups is 1. The van der Waals surface area contributed by atoms with E-state index in [1.165, 1.54) is 5.56 Å². The molecule has 118 valence electrons. The van der Waals surface area contributed by atoms with E-state index in [1.807, 2.05) is 0 Å². The predicted octanol–water partition coefficient (Wildman–Crippen LogP) is 2.49. The van der Waals surface area contributed by atoms with Crippen molar-refractivity contribution < 1.29 is 4.79 Å². The molecule has 1 aromatic rings. The minimum absolute atomic E-state index is 0.133. The summed E-state index contributed by atoms with van der Waals surface area (Å²) in [6.07, 6.45) is 1.03. The van der Waals surface area contributed by atoms with Crippen LogP contribution < -0.4 is 10.2 Å². The normalized spacial score (nSPS) is 10.8. The van der Waals surface area contributed by atoms with Crippen molar-refractivity contribution >= 4 is 11.6 Å². The summed E-state index contributed by atoms with van der Waals surface area (Å²) in [5.74, 6) is 0.133. The van der Waals surface area contributed by atoms with Crippen LogP contribution in [0.3, 0.4) is 0 Å². The Morgan fingerprint density at radius 2 is 1.81 bits per heavy atom. The predicted molar refractivity (Wildman–Crippen MR) is 89.6 cm³/mol. The Bertz CT molecular complexity index is 426. The van der Waals surface area contributed by atoms with Gasteiger partial charge in [-0.2, -0.15) is 0 Å². The van der Waals surface area contributed by atoms with Crippen molar-refractivity contribution in [3.63, 3.8) is 0 Å². The Labute approximate surface area is 129 Å². The van der Waals surface area contributed by atoms with Crippen molar-refractivity contribution in [3.8, 4) is 0 Å². The topological polar surface area (TPSA) is 35.6 Å². The average Bonchev–Trinajstić information content (AvgIpc) is 2.45. The van der Waals surface area contributed by atoms with Crippen LogP contribution in [0.1, 0.15) is 32.8 Å². The summed E-state index contributed by atoms with van der Waals surface area (Å²) in [6.45, 7) is 8.62. The number of rotatable bonds is 8. The smallest absolute Gasteiger partial charge is 0.241 e. The van der Waals surface area contributed by atoms with E-state index in [1.54, 1.807) is 19.0 Å². The summed E-state index contributed by atoms with van der Waals surface area (Å²) in [4.78, 5) is 15.7. The zero-order valence-corrected chi connectivity index (χ0v) is 14.0. The highest BCUT2D eigenvalue weighted by molar-refractivity contribution is 5.81. The second-order valence-electron chi connectivity index (χ2n) is 5.91. The van der Waals surface area contributed by atoms with Crippen LogP contribution in [0.15, 0.2) is 24.3 Å². The van der Waals surface area contributed by atoms with Crippen molar-refractivity contribution in [2.75, 3.05) is 32.1 Å². The van der Waals surface area contributed by atoms with Crippen molar-refractivity contribution in [1.29, 1.82) is 0 Å². The number of carbonyl (C=O) groups excluding carboxylic acids is 1. The van der Waals surface area contributed by atoms with Gasteiger partial charge in [0, 0.05) is 38.9 Å². The van der Waals surface area contributed by atoms with Crippen LogP contribution in [0.25, 0.3) is 0 Å². The Hall–Kier alpha value is -1.55. The summed E-state index contributed by atoms with van der Waals surface area (Å²) in [7, 11) is 3.60. The lowest BCUT2D eigenvalue weighted by Gasteiger charge is -2.25. The first kappa shape index (κ1) is 17.5. The molecule has 0 atom stereocenters. The SMILES string of the molecule is CCCN(CC(=O)N(C)C)c1ccc(CNC(C)C)cc1. The van der Waals surface area contributed by atoms with Gasteiger partial charge in [-0.25, -0.2) is 0 Å². The lowest BCUT2D eigenvalue weighted by atomic mass is 10.1. The van der Waals surface area contributed by atoms with Crippen LogP contribution in [0.2, 0.25) is 0 Å². The first-order valence-electron chi connectivity index (χ1n) is 7.71. The molecule has 0 saturated heterocycles. The molecule has 4 heteroatoms. The molecule has 0 aromatic heterocycles. The summed E-state index contributed by atoms with van der Waals surface area (Å²) in [5.41, 5.74) is 2.38. The van der Waals surface area contributed by atoms with Gasteiger partial charge in [-0.3, -0.25) is 4.79 Å². The van der Waals surface area contributed by atoms with Crippen molar-refractivity contribution in [2.24, 2.45) is 0 Å². The zero-order chi connectivity index (χ0) is 15.8. The van der Waals surface area contributed by atoms with Crippen LogP contribution in [0, 0.1) is 0 Å². The van der Waals surface area contributed by atoms with Crippen molar-refractivity contribution in [1.82, 2.24) is 10.2 Å². The van der Waals surface area contributed by atoms with E-state index >= 15 is 0 Å². The number of nitrogens with one attached hydrogen (secondary N) is 1. The molecule has 0 aliphatic rings. The molecule has 0 radical (unpaired) electrons. The Kier molecular flexibility index (Phi) is 7.23. The zero-order valence-electron chi connectivity index (χ0n) is 14.0. The van der Waals surface area contributed by atoms with E-state index in [0.717, 1.165) is 25.2 Å². The van der Waals surface area contributed by atoms with Gasteiger partial charge < -0.3 is 15.1 Å². The molecule has 1 rings (SSSR count). The summed E-state index contributed by atoms with van der Waals surface area (Å²) >= 11 is 0. The van der Waals surface area contributed by atoms with Gasteiger partial charge in [0.25, 0.3) is 0 Å². The molecular formula is C17H29N3O. The van der Waals surface area contributed by atoms with E-state index < -0.39 is 0 Å². The van der Waals surface area contributed by atoms with Gasteiger partial charge in [-0.1, -0.05) is 32.9 Å². The lowest BCUT2D eigenvalue weighted by molar-refractivity contribution is -0.127. The standard InChI is InChI=1S/C17H29N3O/c1-6-11-20(13-17(21)19(4)5)16-9-7-15(8-10-16)12-18-14(2)3/h7-10,14,18H,6,11-13H2,1-5H3. The largest absolute Gasteiger partial charge is 0.362 e. The van der Waals surface area contributed by atoms with Crippen LogP contribution in [0.5, 0.6) is 0 Å². The second kappa shape index (κ2) is 8.67. The highest BCUT2D eigenvalue weighted by Gasteiger charge is 2.12. The Morgan fingerprint density at radius 1 is 1.19 bits per heavy atom. The molecule has 0 bridgehead atoms. The summed E-state index contributed by atoms with van der Waals surface area (Å²) in [6, 6.07) is 8.96. The molecule has 0 fully saturated rings. The molecule has 0 aliphatic carbocycles. The number of nitrogens with zero attached hydrogens (tertiary/aromatic N) is 2. The van der Waals surface area contributed by atoms with Gasteiger partial charge in [0.2, 0.25) is 5.91 Å². The fourth-order valence-electron chi connectivity index (χ4n) is 2.02. The monoisotopic (exact) mass is 291 g/mol. The highest BCUT2D eigenvalue weighted by Crippen LogP contribution is 2.16. The molecule has 0 aliphatic heterocycles. The average molecular weight is 291 g/mol. The van der Waals surface area contributed by atoms with Gasteiger partial charge in [0.05, 0.1) is 6.54 Å². The first-order chi connectivity index (χ1) is 9.93. The number of benzene rings is 1. The maximum absolute atomic E-state index is 11.9. The van der Waals surface area contributed by atoms with E-state index in [-0.39, 0.29) is 5.91 Å². The number of likely N-dealkylation sites (N-methyl/N-ethyl adjacent to an activating group) is 1. The number of hydrogen-bond acceptors (Lipinski definition) is 3. The molecule has 1 N–H and O–H groups in total. The lowest BCUT2D eigenvalue weighted by Crippen LogP contribution is -2.37. The molecule has 0 heterocycles. The van der Waals surface area contributed by atoms with Gasteiger partial charge in [0.1, 0.15) is 0 Å². The Balaban J connectivity index is 2.72. The van der Waals surface area contributed by atoms with Crippen molar-refractivity contribution in [2.45, 2.75) is 39.8 Å². The molecule has 1 amide bonds. The van der Waals surface area contributed by atoms with Gasteiger partial charge >= 0.3 is 0 Å². The fourth-order valence-corrected chi connectivity index (χ4v) is 2.02. The number of amides is 1. The molecule has 21 heavy (non-hydrogen) atoms. The molecule has 0 spiro atoms. The summed E-state index contributed by atoms with van der Waals surface area (Å²) < 4.78 is 0. The third-order valence-electron chi connectivity index (χ3n) is 3.33. The molecule has 0 saturated carbocycles. The third-order valence-corrected chi connectivity index (χ3v) is 3.33. The molecule has 0 unspecified atom stereocenters. The first-order valence-corrected chi connectivity index (χ1v) is 7.71. The number of anilines is 1. The summed E-state index contributed by atoms with van der Waals surface area (Å²) in [5, 5.41) is 3.41. The van der Waals surface area contributed by atoms with Gasteiger partial charge in [0.15, 0.2) is 0 Å². The van der Waals surface area contributed by atoms with Crippen LogP contribution in [-0.4, -0.2) is 44.0 Å². The second-order valence-corrected chi connectivity index (χ2v) is 5.91. The molecule has 1 aromatic carbocycles. The van der Waals surface area contributed by atoms with Crippen LogP contribution >= 0.6 is 0 Å². The minimum Gasteiger partial charge on any atom is -0.362 e. The van der Waals surface area contributed by atoms with Crippen LogP contribution in [0.4, 0.5) is 5.69 Å².